The van der Waals surface area contributed by atoms with Crippen molar-refractivity contribution in [1.29, 1.82) is 0 Å². The molecule has 0 fully saturated rings. The van der Waals surface area contributed by atoms with Gasteiger partial charge in [0.05, 0.1) is 29.6 Å². The Hall–Kier alpha value is -2.34. The van der Waals surface area contributed by atoms with Gasteiger partial charge in [-0.2, -0.15) is 0 Å². The van der Waals surface area contributed by atoms with Crippen molar-refractivity contribution in [3.63, 3.8) is 0 Å². The van der Waals surface area contributed by atoms with E-state index in [1.165, 1.54) is 56.5 Å². The third kappa shape index (κ3) is 6.35. The molecule has 0 saturated heterocycles. The van der Waals surface area contributed by atoms with Gasteiger partial charge in [-0.15, -0.1) is 0 Å². The Bertz CT molecular complexity index is 1180. The van der Waals surface area contributed by atoms with Crippen LogP contribution < -0.4 is 19.1 Å². The number of carbonyl (C=O) groups is 1. The molecule has 176 valence electrons. The quantitative estimate of drug-likeness (QED) is 0.542. The maximum Gasteiger partial charge on any atom is 0.248 e. The van der Waals surface area contributed by atoms with Crippen LogP contribution in [0.2, 0.25) is 5.02 Å². The first-order chi connectivity index (χ1) is 14.8. The second kappa shape index (κ2) is 10.1. The molecule has 32 heavy (non-hydrogen) atoms. The molecule has 0 aliphatic heterocycles. The molecule has 1 atom stereocenters. The predicted molar refractivity (Wildman–Crippen MR) is 125 cm³/mol. The Labute approximate surface area is 193 Å². The molecule has 0 radical (unpaired) electrons. The van der Waals surface area contributed by atoms with Gasteiger partial charge in [0, 0.05) is 11.1 Å². The molecule has 9 nitrogen and oxygen atoms in total. The molecule has 0 aromatic heterocycles. The molecule has 0 spiro atoms. The van der Waals surface area contributed by atoms with Gasteiger partial charge in [0.2, 0.25) is 26.0 Å². The average Bonchev–Trinajstić information content (AvgIpc) is 2.67. The van der Waals surface area contributed by atoms with Crippen LogP contribution in [0.4, 0.5) is 11.4 Å². The van der Waals surface area contributed by atoms with E-state index in [0.29, 0.717) is 5.02 Å². The number of nitrogens with one attached hydrogen (secondary N) is 2. The van der Waals surface area contributed by atoms with Gasteiger partial charge in [-0.3, -0.25) is 9.10 Å². The van der Waals surface area contributed by atoms with Gasteiger partial charge in [0.25, 0.3) is 0 Å². The number of hydrogen-bond donors (Lipinski definition) is 2. The summed E-state index contributed by atoms with van der Waals surface area (Å²) in [4.78, 5) is 12.9. The first-order valence-corrected chi connectivity index (χ1v) is 13.2. The van der Waals surface area contributed by atoms with Crippen LogP contribution in [0.5, 0.6) is 5.75 Å². The van der Waals surface area contributed by atoms with E-state index < -0.39 is 32.0 Å². The van der Waals surface area contributed by atoms with Crippen molar-refractivity contribution in [3.05, 3.63) is 47.5 Å². The summed E-state index contributed by atoms with van der Waals surface area (Å²) in [5.41, 5.74) is 0.338. The first-order valence-electron chi connectivity index (χ1n) is 9.52. The van der Waals surface area contributed by atoms with E-state index in [9.17, 15) is 21.6 Å². The van der Waals surface area contributed by atoms with Crippen molar-refractivity contribution in [3.8, 4) is 5.75 Å². The van der Waals surface area contributed by atoms with Crippen LogP contribution >= 0.6 is 11.6 Å². The van der Waals surface area contributed by atoms with Crippen LogP contribution in [-0.4, -0.2) is 48.2 Å². The maximum atomic E-state index is 13.0. The minimum atomic E-state index is -3.84. The highest BCUT2D eigenvalue weighted by Crippen LogP contribution is 2.29. The number of halogens is 1. The third-order valence-corrected chi connectivity index (χ3v) is 7.45. The lowest BCUT2D eigenvalue weighted by atomic mass is 10.2. The number of ether oxygens (including phenoxy) is 1. The number of carbonyl (C=O) groups excluding carboxylic acids is 1. The highest BCUT2D eigenvalue weighted by Gasteiger charge is 2.30. The van der Waals surface area contributed by atoms with Gasteiger partial charge in [0.1, 0.15) is 11.8 Å². The first kappa shape index (κ1) is 25.9. The summed E-state index contributed by atoms with van der Waals surface area (Å²) in [6.45, 7) is 4.78. The average molecular weight is 504 g/mol. The fraction of sp³-hybridized carbons (Fsp3) is 0.350. The summed E-state index contributed by atoms with van der Waals surface area (Å²) in [7, 11) is -6.29. The topological polar surface area (TPSA) is 122 Å². The molecule has 12 heteroatoms. The highest BCUT2D eigenvalue weighted by molar-refractivity contribution is 7.92. The van der Waals surface area contributed by atoms with Crippen LogP contribution in [0, 0.1) is 0 Å². The largest absolute Gasteiger partial charge is 0.495 e. The second-order valence-electron chi connectivity index (χ2n) is 7.34. The highest BCUT2D eigenvalue weighted by atomic mass is 35.5. The Morgan fingerprint density at radius 1 is 1.03 bits per heavy atom. The van der Waals surface area contributed by atoms with E-state index >= 15 is 0 Å². The molecule has 2 aromatic rings. The van der Waals surface area contributed by atoms with E-state index in [4.69, 9.17) is 16.3 Å². The fourth-order valence-electron chi connectivity index (χ4n) is 2.96. The summed E-state index contributed by atoms with van der Waals surface area (Å²) in [6, 6.07) is 8.50. The van der Waals surface area contributed by atoms with Gasteiger partial charge in [0.15, 0.2) is 0 Å². The van der Waals surface area contributed by atoms with Gasteiger partial charge >= 0.3 is 0 Å². The minimum absolute atomic E-state index is 0.0763. The van der Waals surface area contributed by atoms with Crippen LogP contribution in [0.25, 0.3) is 0 Å². The van der Waals surface area contributed by atoms with E-state index in [0.717, 1.165) is 10.6 Å². The number of anilines is 2. The lowest BCUT2D eigenvalue weighted by Gasteiger charge is -2.28. The van der Waals surface area contributed by atoms with Crippen molar-refractivity contribution >= 4 is 48.9 Å². The normalized spacial score (nSPS) is 13.0. The smallest absolute Gasteiger partial charge is 0.248 e. The summed E-state index contributed by atoms with van der Waals surface area (Å²) in [5.74, 6) is -0.471. The molecule has 0 saturated carbocycles. The lowest BCUT2D eigenvalue weighted by Crippen LogP contribution is -2.45. The number of methoxy groups -OCH3 is 1. The lowest BCUT2D eigenvalue weighted by molar-refractivity contribution is -0.116. The van der Waals surface area contributed by atoms with Crippen molar-refractivity contribution in [2.75, 3.05) is 23.0 Å². The van der Waals surface area contributed by atoms with Crippen molar-refractivity contribution in [1.82, 2.24) is 4.72 Å². The predicted octanol–water partition coefficient (Wildman–Crippen LogP) is 2.83. The molecule has 0 bridgehead atoms. The van der Waals surface area contributed by atoms with E-state index in [1.807, 2.05) is 0 Å². The number of sulfonamides is 2. The van der Waals surface area contributed by atoms with Crippen molar-refractivity contribution in [2.24, 2.45) is 0 Å². The van der Waals surface area contributed by atoms with Gasteiger partial charge in [-0.1, -0.05) is 11.6 Å². The summed E-state index contributed by atoms with van der Waals surface area (Å²) >= 11 is 5.88. The molecule has 2 rings (SSSR count). The summed E-state index contributed by atoms with van der Waals surface area (Å²) in [5, 5.41) is 2.99. The molecule has 2 N–H and O–H groups in total. The Balaban J connectivity index is 2.41. The Morgan fingerprint density at radius 3 is 2.12 bits per heavy atom. The van der Waals surface area contributed by atoms with E-state index in [-0.39, 0.29) is 28.1 Å². The van der Waals surface area contributed by atoms with Gasteiger partial charge < -0.3 is 10.1 Å². The van der Waals surface area contributed by atoms with Crippen molar-refractivity contribution in [2.45, 2.75) is 37.8 Å². The number of hydrogen-bond acceptors (Lipinski definition) is 6. The van der Waals surface area contributed by atoms with E-state index in [1.54, 1.807) is 13.8 Å². The van der Waals surface area contributed by atoms with Crippen molar-refractivity contribution < 1.29 is 26.4 Å². The molecule has 0 heterocycles. The second-order valence-corrected chi connectivity index (χ2v) is 11.3. The number of amides is 1. The Morgan fingerprint density at radius 2 is 1.62 bits per heavy atom. The zero-order chi connectivity index (χ0) is 24.3. The van der Waals surface area contributed by atoms with E-state index in [2.05, 4.69) is 10.0 Å². The fourth-order valence-corrected chi connectivity index (χ4v) is 5.54. The molecule has 0 aliphatic rings. The van der Waals surface area contributed by atoms with Crippen LogP contribution in [0.3, 0.4) is 0 Å². The summed E-state index contributed by atoms with van der Waals surface area (Å²) in [6.07, 6.45) is 0.983. The third-order valence-electron chi connectivity index (χ3n) is 4.30. The molecule has 1 amide bonds. The number of benzene rings is 2. The number of nitrogens with zero attached hydrogens (tertiary/aromatic N) is 1. The zero-order valence-corrected chi connectivity index (χ0v) is 20.7. The molecule has 2 aromatic carbocycles. The van der Waals surface area contributed by atoms with Crippen LogP contribution in [0.1, 0.15) is 20.8 Å². The SMILES string of the molecule is COc1ccc(S(=O)(=O)NC(C)C)cc1NC(=O)[C@@H](C)N(c1ccc(Cl)cc1)S(C)(=O)=O. The maximum absolute atomic E-state index is 13.0. The monoisotopic (exact) mass is 503 g/mol. The van der Waals surface area contributed by atoms with Crippen LogP contribution in [0.15, 0.2) is 47.4 Å². The zero-order valence-electron chi connectivity index (χ0n) is 18.3. The number of rotatable bonds is 9. The molecular formula is C20H26ClN3O6S2. The minimum Gasteiger partial charge on any atom is -0.495 e. The van der Waals surface area contributed by atoms with Crippen LogP contribution in [-0.2, 0) is 24.8 Å². The molecule has 0 unspecified atom stereocenters. The van der Waals surface area contributed by atoms with Gasteiger partial charge in [-0.05, 0) is 63.2 Å². The molecular weight excluding hydrogens is 478 g/mol. The Kier molecular flexibility index (Phi) is 8.16. The van der Waals surface area contributed by atoms with Gasteiger partial charge in [-0.25, -0.2) is 21.6 Å². The standard InChI is InChI=1S/C20H26ClN3O6S2/c1-13(2)23-32(28,29)17-10-11-19(30-4)18(12-17)22-20(25)14(3)24(31(5,26)27)16-8-6-15(21)7-9-16/h6-14,23H,1-5H3,(H,22,25)/t14-/m1/s1. The summed E-state index contributed by atoms with van der Waals surface area (Å²) < 4.78 is 58.5. The molecule has 0 aliphatic carbocycles.